The Hall–Kier alpha value is -0.900. The van der Waals surface area contributed by atoms with Gasteiger partial charge in [0.25, 0.3) is 0 Å². The maximum Gasteiger partial charge on any atom is 0.0855 e. The molecule has 1 aromatic rings. The lowest BCUT2D eigenvalue weighted by Crippen LogP contribution is -2.53. The Bertz CT molecular complexity index is 462. The molecule has 116 valence electrons. The zero-order chi connectivity index (χ0) is 14.7. The zero-order valence-electron chi connectivity index (χ0n) is 13.3. The van der Waals surface area contributed by atoms with Crippen molar-refractivity contribution in [1.29, 1.82) is 0 Å². The second-order valence-electron chi connectivity index (χ2n) is 6.30. The molecule has 1 saturated heterocycles. The van der Waals surface area contributed by atoms with Gasteiger partial charge in [0, 0.05) is 19.1 Å². The Balaban J connectivity index is 1.63. The van der Waals surface area contributed by atoms with Crippen LogP contribution in [0.2, 0.25) is 0 Å². The summed E-state index contributed by atoms with van der Waals surface area (Å²) in [5.74, 6) is 0.714. The highest BCUT2D eigenvalue weighted by atomic mass is 16.5. The fraction of sp³-hybridized carbons (Fsp3) is 0.667. The molecular weight excluding hydrogens is 260 g/mol. The van der Waals surface area contributed by atoms with E-state index in [-0.39, 0.29) is 0 Å². The minimum atomic E-state index is 0.339. The van der Waals surface area contributed by atoms with Crippen molar-refractivity contribution < 1.29 is 4.74 Å². The first-order valence-electron chi connectivity index (χ1n) is 8.47. The summed E-state index contributed by atoms with van der Waals surface area (Å²) in [5, 5.41) is 3.68. The molecule has 3 unspecified atom stereocenters. The molecule has 1 aliphatic heterocycles. The first-order valence-corrected chi connectivity index (χ1v) is 8.47. The van der Waals surface area contributed by atoms with Gasteiger partial charge < -0.3 is 10.1 Å². The standard InChI is InChI=1S/C18H28N2O/c1-3-19-17(18-13-20(4-2)9-10-21-18)12-15-11-14-7-5-6-8-16(14)15/h5-8,15,17-19H,3-4,9-13H2,1-2H3. The van der Waals surface area contributed by atoms with Crippen LogP contribution < -0.4 is 5.32 Å². The average molecular weight is 288 g/mol. The highest BCUT2D eigenvalue weighted by Gasteiger charge is 2.33. The summed E-state index contributed by atoms with van der Waals surface area (Å²) in [6, 6.07) is 9.36. The number of rotatable bonds is 6. The van der Waals surface area contributed by atoms with E-state index in [1.165, 1.54) is 18.4 Å². The molecule has 3 rings (SSSR count). The van der Waals surface area contributed by atoms with Crippen molar-refractivity contribution in [2.24, 2.45) is 0 Å². The van der Waals surface area contributed by atoms with Gasteiger partial charge in [0.15, 0.2) is 0 Å². The van der Waals surface area contributed by atoms with Crippen molar-refractivity contribution >= 4 is 0 Å². The molecule has 0 radical (unpaired) electrons. The molecule has 21 heavy (non-hydrogen) atoms. The van der Waals surface area contributed by atoms with Crippen LogP contribution in [0, 0.1) is 0 Å². The molecule has 1 heterocycles. The third-order valence-corrected chi connectivity index (χ3v) is 5.04. The Labute approximate surface area is 128 Å². The predicted octanol–water partition coefficient (Wildman–Crippen LogP) is 2.42. The van der Waals surface area contributed by atoms with Gasteiger partial charge in [-0.15, -0.1) is 0 Å². The minimum Gasteiger partial charge on any atom is -0.374 e. The van der Waals surface area contributed by atoms with E-state index in [0.29, 0.717) is 18.1 Å². The molecule has 0 spiro atoms. The second kappa shape index (κ2) is 6.91. The van der Waals surface area contributed by atoms with Gasteiger partial charge in [0.05, 0.1) is 12.7 Å². The van der Waals surface area contributed by atoms with Crippen LogP contribution >= 0.6 is 0 Å². The smallest absolute Gasteiger partial charge is 0.0855 e. The number of nitrogens with one attached hydrogen (secondary N) is 1. The SMILES string of the molecule is CCNC(CC1Cc2ccccc21)C1CN(CC)CCO1. The molecule has 3 atom stereocenters. The van der Waals surface area contributed by atoms with Gasteiger partial charge >= 0.3 is 0 Å². The van der Waals surface area contributed by atoms with Crippen LogP contribution in [-0.2, 0) is 11.2 Å². The fourth-order valence-electron chi connectivity index (χ4n) is 3.77. The van der Waals surface area contributed by atoms with Gasteiger partial charge in [-0.1, -0.05) is 38.1 Å². The van der Waals surface area contributed by atoms with Crippen LogP contribution in [0.5, 0.6) is 0 Å². The van der Waals surface area contributed by atoms with Crippen molar-refractivity contribution in [3.05, 3.63) is 35.4 Å². The summed E-state index contributed by atoms with van der Waals surface area (Å²) in [6.07, 6.45) is 2.78. The molecule has 1 aromatic carbocycles. The van der Waals surface area contributed by atoms with Crippen LogP contribution in [0.15, 0.2) is 24.3 Å². The van der Waals surface area contributed by atoms with E-state index in [1.807, 2.05) is 0 Å². The monoisotopic (exact) mass is 288 g/mol. The highest BCUT2D eigenvalue weighted by Crippen LogP contribution is 2.38. The summed E-state index contributed by atoms with van der Waals surface area (Å²) in [4.78, 5) is 2.51. The maximum atomic E-state index is 6.08. The molecule has 0 saturated carbocycles. The fourth-order valence-corrected chi connectivity index (χ4v) is 3.77. The van der Waals surface area contributed by atoms with Crippen molar-refractivity contribution in [2.75, 3.05) is 32.8 Å². The molecule has 3 heteroatoms. The summed E-state index contributed by atoms with van der Waals surface area (Å²) in [7, 11) is 0. The molecule has 0 bridgehead atoms. The van der Waals surface area contributed by atoms with Gasteiger partial charge in [-0.05, 0) is 43.0 Å². The molecule has 1 fully saturated rings. The quantitative estimate of drug-likeness (QED) is 0.870. The first kappa shape index (κ1) is 15.0. The zero-order valence-corrected chi connectivity index (χ0v) is 13.3. The topological polar surface area (TPSA) is 24.5 Å². The van der Waals surface area contributed by atoms with Gasteiger partial charge in [-0.3, -0.25) is 4.90 Å². The third kappa shape index (κ3) is 3.31. The number of nitrogens with zero attached hydrogens (tertiary/aromatic N) is 1. The van der Waals surface area contributed by atoms with E-state index in [4.69, 9.17) is 4.74 Å². The lowest BCUT2D eigenvalue weighted by molar-refractivity contribution is -0.0472. The summed E-state index contributed by atoms with van der Waals surface area (Å²) < 4.78 is 6.08. The number of likely N-dealkylation sites (N-methyl/N-ethyl adjacent to an activating group) is 2. The van der Waals surface area contributed by atoms with Crippen molar-refractivity contribution in [3.63, 3.8) is 0 Å². The van der Waals surface area contributed by atoms with E-state index in [2.05, 4.69) is 48.3 Å². The van der Waals surface area contributed by atoms with Gasteiger partial charge in [0.1, 0.15) is 0 Å². The van der Waals surface area contributed by atoms with Crippen LogP contribution in [-0.4, -0.2) is 49.8 Å². The lowest BCUT2D eigenvalue weighted by Gasteiger charge is -2.40. The van der Waals surface area contributed by atoms with Crippen molar-refractivity contribution in [2.45, 2.75) is 44.8 Å². The molecule has 3 nitrogen and oxygen atoms in total. The van der Waals surface area contributed by atoms with Crippen LogP contribution in [0.3, 0.4) is 0 Å². The summed E-state index contributed by atoms with van der Waals surface area (Å²) in [6.45, 7) is 9.62. The van der Waals surface area contributed by atoms with Crippen LogP contribution in [0.4, 0.5) is 0 Å². The number of fused-ring (bicyclic) bond motifs is 1. The number of hydrogen-bond acceptors (Lipinski definition) is 3. The predicted molar refractivity (Wildman–Crippen MR) is 86.8 cm³/mol. The third-order valence-electron chi connectivity index (χ3n) is 5.04. The van der Waals surface area contributed by atoms with Gasteiger partial charge in [0.2, 0.25) is 0 Å². The molecule has 0 amide bonds. The number of ether oxygens (including phenoxy) is 1. The van der Waals surface area contributed by atoms with Gasteiger partial charge in [-0.25, -0.2) is 0 Å². The largest absolute Gasteiger partial charge is 0.374 e. The van der Waals surface area contributed by atoms with E-state index in [9.17, 15) is 0 Å². The Morgan fingerprint density at radius 1 is 1.33 bits per heavy atom. The summed E-state index contributed by atoms with van der Waals surface area (Å²) in [5.41, 5.74) is 3.10. The van der Waals surface area contributed by atoms with Crippen LogP contribution in [0.25, 0.3) is 0 Å². The Kier molecular flexibility index (Phi) is 4.94. The average Bonchev–Trinajstić information content (AvgIpc) is 2.51. The Morgan fingerprint density at radius 2 is 2.19 bits per heavy atom. The van der Waals surface area contributed by atoms with Crippen LogP contribution in [0.1, 0.15) is 37.3 Å². The van der Waals surface area contributed by atoms with Gasteiger partial charge in [-0.2, -0.15) is 0 Å². The van der Waals surface area contributed by atoms with E-state index in [1.54, 1.807) is 5.56 Å². The lowest BCUT2D eigenvalue weighted by atomic mass is 9.74. The molecule has 1 aliphatic carbocycles. The number of benzene rings is 1. The van der Waals surface area contributed by atoms with E-state index >= 15 is 0 Å². The molecule has 2 aliphatic rings. The van der Waals surface area contributed by atoms with E-state index in [0.717, 1.165) is 32.8 Å². The molecule has 1 N–H and O–H groups in total. The summed E-state index contributed by atoms with van der Waals surface area (Å²) >= 11 is 0. The van der Waals surface area contributed by atoms with E-state index < -0.39 is 0 Å². The maximum absolute atomic E-state index is 6.08. The van der Waals surface area contributed by atoms with Crippen molar-refractivity contribution in [3.8, 4) is 0 Å². The Morgan fingerprint density at radius 3 is 2.95 bits per heavy atom. The second-order valence-corrected chi connectivity index (χ2v) is 6.30. The molecule has 0 aromatic heterocycles. The first-order chi connectivity index (χ1) is 10.3. The normalized spacial score (nSPS) is 27.0. The molecular formula is C18H28N2O. The minimum absolute atomic E-state index is 0.339. The van der Waals surface area contributed by atoms with Crippen molar-refractivity contribution in [1.82, 2.24) is 10.2 Å². The number of hydrogen-bond donors (Lipinski definition) is 1. The number of morpholine rings is 1. The highest BCUT2D eigenvalue weighted by molar-refractivity contribution is 5.40.